The first kappa shape index (κ1) is 15.3. The number of nitrogens with one attached hydrogen (secondary N) is 1. The maximum atomic E-state index is 11.6. The molecule has 1 fully saturated rings. The second-order valence-electron chi connectivity index (χ2n) is 5.92. The van der Waals surface area contributed by atoms with Crippen LogP contribution in [0.5, 0.6) is 0 Å². The number of carboxylic acid groups (broad SMARTS) is 1. The minimum atomic E-state index is -0.863. The van der Waals surface area contributed by atoms with E-state index in [1.807, 2.05) is 0 Å². The van der Waals surface area contributed by atoms with E-state index in [9.17, 15) is 20.0 Å². The molecule has 8 heteroatoms. The topological polar surface area (TPSA) is 110 Å². The number of aliphatic carboxylic acids is 1. The van der Waals surface area contributed by atoms with Crippen LogP contribution in [0.25, 0.3) is 0 Å². The van der Waals surface area contributed by atoms with Gasteiger partial charge in [-0.25, -0.2) is 0 Å². The lowest BCUT2D eigenvalue weighted by Crippen LogP contribution is -2.41. The van der Waals surface area contributed by atoms with Gasteiger partial charge in [0.2, 0.25) is 5.82 Å². The zero-order valence-corrected chi connectivity index (χ0v) is 12.2. The molecule has 0 aromatic carbocycles. The molecule has 0 atom stereocenters. The van der Waals surface area contributed by atoms with Gasteiger partial charge in [-0.15, -0.1) is 5.10 Å². The summed E-state index contributed by atoms with van der Waals surface area (Å²) in [4.78, 5) is 22.0. The van der Waals surface area contributed by atoms with Gasteiger partial charge in [0, 0.05) is 13.6 Å². The molecule has 116 valence electrons. The second kappa shape index (κ2) is 5.71. The first-order valence-electron chi connectivity index (χ1n) is 6.99. The number of aryl methyl sites for hydroxylation is 1. The maximum Gasteiger partial charge on any atom is 0.330 e. The number of carboxylic acids is 1. The fourth-order valence-electron chi connectivity index (χ4n) is 2.77. The summed E-state index contributed by atoms with van der Waals surface area (Å²) in [7, 11) is 1.59. The predicted molar refractivity (Wildman–Crippen MR) is 76.1 cm³/mol. The first-order valence-corrected chi connectivity index (χ1v) is 6.99. The fraction of sp³-hybridized carbons (Fsp3) is 0.692. The van der Waals surface area contributed by atoms with Gasteiger partial charge in [-0.05, 0) is 31.6 Å². The highest BCUT2D eigenvalue weighted by atomic mass is 16.6. The minimum absolute atomic E-state index is 0.127. The second-order valence-corrected chi connectivity index (χ2v) is 5.92. The van der Waals surface area contributed by atoms with Crippen LogP contribution in [0.4, 0.5) is 11.5 Å². The molecule has 21 heavy (non-hydrogen) atoms. The predicted octanol–water partition coefficient (Wildman–Crippen LogP) is 2.02. The number of rotatable bonds is 5. The smallest absolute Gasteiger partial charge is 0.330 e. The number of hydrogen-bond donors (Lipinski definition) is 2. The van der Waals surface area contributed by atoms with Crippen molar-refractivity contribution < 1.29 is 14.8 Å². The maximum absolute atomic E-state index is 11.6. The van der Waals surface area contributed by atoms with Crippen LogP contribution >= 0.6 is 0 Å². The summed E-state index contributed by atoms with van der Waals surface area (Å²) in [6, 6.07) is 0. The standard InChI is InChI=1S/C13H20N4O4/c1-9-3-5-13(6-4-9,12(18)19)8-14-11-10(17(20)21)7-16(2)15-11/h7,9H,3-6,8H2,1-2H3,(H,14,15)(H,18,19). The molecule has 2 N–H and O–H groups in total. The van der Waals surface area contributed by atoms with Crippen molar-refractivity contribution in [1.82, 2.24) is 9.78 Å². The minimum Gasteiger partial charge on any atom is -0.481 e. The monoisotopic (exact) mass is 296 g/mol. The van der Waals surface area contributed by atoms with E-state index in [0.29, 0.717) is 18.8 Å². The third-order valence-electron chi connectivity index (χ3n) is 4.29. The summed E-state index contributed by atoms with van der Waals surface area (Å²) in [6.45, 7) is 2.27. The van der Waals surface area contributed by atoms with Crippen LogP contribution in [0.1, 0.15) is 32.6 Å². The molecule has 0 spiro atoms. The van der Waals surface area contributed by atoms with Gasteiger partial charge in [0.15, 0.2) is 0 Å². The molecule has 0 aliphatic heterocycles. The molecule has 1 saturated carbocycles. The van der Waals surface area contributed by atoms with Crippen molar-refractivity contribution in [1.29, 1.82) is 0 Å². The van der Waals surface area contributed by atoms with E-state index in [4.69, 9.17) is 0 Å². The van der Waals surface area contributed by atoms with E-state index >= 15 is 0 Å². The number of carbonyl (C=O) groups is 1. The van der Waals surface area contributed by atoms with Gasteiger partial charge in [0.1, 0.15) is 6.20 Å². The molecule has 1 aliphatic carbocycles. The van der Waals surface area contributed by atoms with Gasteiger partial charge in [-0.1, -0.05) is 6.92 Å². The molecule has 8 nitrogen and oxygen atoms in total. The lowest BCUT2D eigenvalue weighted by atomic mass is 9.71. The summed E-state index contributed by atoms with van der Waals surface area (Å²) < 4.78 is 1.34. The van der Waals surface area contributed by atoms with Crippen LogP contribution in [0.15, 0.2) is 6.20 Å². The summed E-state index contributed by atoms with van der Waals surface area (Å²) >= 11 is 0. The Morgan fingerprint density at radius 2 is 2.24 bits per heavy atom. The van der Waals surface area contributed by atoms with E-state index in [2.05, 4.69) is 17.3 Å². The molecule has 0 bridgehead atoms. The van der Waals surface area contributed by atoms with Crippen LogP contribution in [-0.2, 0) is 11.8 Å². The van der Waals surface area contributed by atoms with Crippen molar-refractivity contribution >= 4 is 17.5 Å². The average molecular weight is 296 g/mol. The zero-order chi connectivity index (χ0) is 15.6. The molecule has 0 unspecified atom stereocenters. The van der Waals surface area contributed by atoms with E-state index < -0.39 is 16.3 Å². The summed E-state index contributed by atoms with van der Waals surface area (Å²) in [6.07, 6.45) is 4.18. The Morgan fingerprint density at radius 3 is 2.76 bits per heavy atom. The zero-order valence-electron chi connectivity index (χ0n) is 12.2. The van der Waals surface area contributed by atoms with Crippen molar-refractivity contribution in [2.45, 2.75) is 32.6 Å². The van der Waals surface area contributed by atoms with Crippen LogP contribution in [0, 0.1) is 21.4 Å². The van der Waals surface area contributed by atoms with Crippen molar-refractivity contribution in [3.05, 3.63) is 16.3 Å². The Balaban J connectivity index is 2.13. The third kappa shape index (κ3) is 3.14. The van der Waals surface area contributed by atoms with Crippen molar-refractivity contribution in [3.8, 4) is 0 Å². The third-order valence-corrected chi connectivity index (χ3v) is 4.29. The largest absolute Gasteiger partial charge is 0.481 e. The Labute approximate surface area is 122 Å². The summed E-state index contributed by atoms with van der Waals surface area (Å²) in [5, 5.41) is 27.3. The summed E-state index contributed by atoms with van der Waals surface area (Å²) in [5.41, 5.74) is -1.00. The number of aromatic nitrogens is 2. The van der Waals surface area contributed by atoms with Gasteiger partial charge in [-0.3, -0.25) is 19.6 Å². The fourth-order valence-corrected chi connectivity index (χ4v) is 2.77. The Kier molecular flexibility index (Phi) is 4.15. The lowest BCUT2D eigenvalue weighted by molar-refractivity contribution is -0.384. The molecule has 1 aliphatic rings. The quantitative estimate of drug-likeness (QED) is 0.635. The van der Waals surface area contributed by atoms with E-state index in [1.54, 1.807) is 7.05 Å². The van der Waals surface area contributed by atoms with E-state index in [0.717, 1.165) is 12.8 Å². The highest BCUT2D eigenvalue weighted by Crippen LogP contribution is 2.39. The van der Waals surface area contributed by atoms with Crippen molar-refractivity contribution in [2.75, 3.05) is 11.9 Å². The molecule has 1 aromatic rings. The van der Waals surface area contributed by atoms with Crippen LogP contribution in [0.2, 0.25) is 0 Å². The van der Waals surface area contributed by atoms with Crippen LogP contribution in [-0.4, -0.2) is 32.3 Å². The van der Waals surface area contributed by atoms with Crippen LogP contribution in [0.3, 0.4) is 0 Å². The lowest BCUT2D eigenvalue weighted by Gasteiger charge is -2.35. The van der Waals surface area contributed by atoms with E-state index in [1.165, 1.54) is 10.9 Å². The summed E-state index contributed by atoms with van der Waals surface area (Å²) in [5.74, 6) is -0.191. The molecule has 2 rings (SSSR count). The molecule has 0 amide bonds. The molecular formula is C13H20N4O4. The number of anilines is 1. The highest BCUT2D eigenvalue weighted by molar-refractivity contribution is 5.76. The number of nitro groups is 1. The molecule has 1 heterocycles. The molecule has 0 saturated heterocycles. The highest BCUT2D eigenvalue weighted by Gasteiger charge is 2.41. The Morgan fingerprint density at radius 1 is 1.62 bits per heavy atom. The van der Waals surface area contributed by atoms with E-state index in [-0.39, 0.29) is 18.1 Å². The molecular weight excluding hydrogens is 276 g/mol. The molecule has 0 radical (unpaired) electrons. The van der Waals surface area contributed by atoms with Crippen molar-refractivity contribution in [3.63, 3.8) is 0 Å². The van der Waals surface area contributed by atoms with Crippen LogP contribution < -0.4 is 5.32 Å². The Hall–Kier alpha value is -2.12. The van der Waals surface area contributed by atoms with Gasteiger partial charge in [-0.2, -0.15) is 0 Å². The van der Waals surface area contributed by atoms with Gasteiger partial charge < -0.3 is 10.4 Å². The SMILES string of the molecule is CC1CCC(CNc2nn(C)cc2[N+](=O)[O-])(C(=O)O)CC1. The average Bonchev–Trinajstić information content (AvgIpc) is 2.80. The Bertz CT molecular complexity index is 546. The van der Waals surface area contributed by atoms with Crippen molar-refractivity contribution in [2.24, 2.45) is 18.4 Å². The number of hydrogen-bond acceptors (Lipinski definition) is 5. The molecule has 1 aromatic heterocycles. The first-order chi connectivity index (χ1) is 9.84. The van der Waals surface area contributed by atoms with Gasteiger partial charge in [0.05, 0.1) is 10.3 Å². The van der Waals surface area contributed by atoms with Gasteiger partial charge in [0.25, 0.3) is 0 Å². The number of nitrogens with zero attached hydrogens (tertiary/aromatic N) is 3. The normalized spacial score (nSPS) is 25.5. The van der Waals surface area contributed by atoms with Gasteiger partial charge >= 0.3 is 11.7 Å².